The van der Waals surface area contributed by atoms with E-state index >= 15 is 0 Å². The third kappa shape index (κ3) is 4.51. The van der Waals surface area contributed by atoms with Gasteiger partial charge in [-0.3, -0.25) is 9.00 Å². The Morgan fingerprint density at radius 1 is 1.53 bits per heavy atom. The molecule has 3 N–H and O–H groups in total. The van der Waals surface area contributed by atoms with Crippen LogP contribution in [0.3, 0.4) is 0 Å². The number of hydrogen-bond acceptors (Lipinski definition) is 3. The highest BCUT2D eigenvalue weighted by atomic mass is 35.5. The fraction of sp³-hybridized carbons (Fsp3) is 0.462. The maximum Gasteiger partial charge on any atom is 0.235 e. The van der Waals surface area contributed by atoms with Crippen LogP contribution in [0.25, 0.3) is 0 Å². The zero-order valence-electron chi connectivity index (χ0n) is 11.1. The Morgan fingerprint density at radius 2 is 2.21 bits per heavy atom. The van der Waals surface area contributed by atoms with Crippen LogP contribution in [-0.2, 0) is 15.6 Å². The second-order valence-corrected chi connectivity index (χ2v) is 6.42. The topological polar surface area (TPSA) is 72.2 Å². The standard InChI is InChI=1S/C13H19ClN2O2S/c1-3-4-7-16-13(17)9(2)19(18)12-6-5-10(15)8-11(12)14/h5-6,8-9H,3-4,7,15H2,1-2H3,(H,16,17). The molecule has 0 radical (unpaired) electrons. The number of amides is 1. The Balaban J connectivity index is 2.73. The third-order valence-corrected chi connectivity index (χ3v) is 4.76. The number of carbonyl (C=O) groups is 1. The van der Waals surface area contributed by atoms with Gasteiger partial charge >= 0.3 is 0 Å². The summed E-state index contributed by atoms with van der Waals surface area (Å²) in [5.41, 5.74) is 6.09. The fourth-order valence-corrected chi connectivity index (χ4v) is 3.03. The van der Waals surface area contributed by atoms with E-state index < -0.39 is 16.0 Å². The van der Waals surface area contributed by atoms with E-state index in [1.165, 1.54) is 6.07 Å². The van der Waals surface area contributed by atoms with Gasteiger partial charge in [0.1, 0.15) is 5.25 Å². The normalized spacial score (nSPS) is 13.8. The first-order chi connectivity index (χ1) is 8.97. The molecule has 1 aromatic rings. The molecule has 0 saturated carbocycles. The number of benzene rings is 1. The molecule has 2 unspecified atom stereocenters. The molecule has 0 spiro atoms. The van der Waals surface area contributed by atoms with E-state index in [4.69, 9.17) is 17.3 Å². The number of carbonyl (C=O) groups excluding carboxylic acids is 1. The van der Waals surface area contributed by atoms with Crippen LogP contribution in [0, 0.1) is 0 Å². The van der Waals surface area contributed by atoms with Gasteiger partial charge in [0.05, 0.1) is 20.7 Å². The number of hydrogen-bond donors (Lipinski definition) is 2. The first-order valence-corrected chi connectivity index (χ1v) is 7.79. The number of unbranched alkanes of at least 4 members (excludes halogenated alkanes) is 1. The number of rotatable bonds is 6. The van der Waals surface area contributed by atoms with Gasteiger partial charge < -0.3 is 11.1 Å². The van der Waals surface area contributed by atoms with Gasteiger partial charge in [-0.2, -0.15) is 0 Å². The van der Waals surface area contributed by atoms with E-state index in [-0.39, 0.29) is 5.91 Å². The van der Waals surface area contributed by atoms with Crippen molar-refractivity contribution in [3.05, 3.63) is 23.2 Å². The van der Waals surface area contributed by atoms with E-state index in [1.54, 1.807) is 19.1 Å². The van der Waals surface area contributed by atoms with Gasteiger partial charge in [-0.15, -0.1) is 0 Å². The molecule has 6 heteroatoms. The first kappa shape index (κ1) is 16.0. The zero-order valence-corrected chi connectivity index (χ0v) is 12.7. The van der Waals surface area contributed by atoms with Gasteiger partial charge in [0.15, 0.2) is 0 Å². The number of nitrogens with two attached hydrogens (primary N) is 1. The molecule has 0 aliphatic carbocycles. The Hall–Kier alpha value is -1.07. The molecule has 1 rings (SSSR count). The van der Waals surface area contributed by atoms with Gasteiger partial charge in [0.25, 0.3) is 0 Å². The minimum Gasteiger partial charge on any atom is -0.399 e. The summed E-state index contributed by atoms with van der Waals surface area (Å²) in [6.45, 7) is 4.28. The molecular weight excluding hydrogens is 284 g/mol. The molecule has 0 aliphatic heterocycles. The lowest BCUT2D eigenvalue weighted by molar-refractivity contribution is -0.120. The Bertz CT molecular complexity index is 480. The molecule has 2 atom stereocenters. The van der Waals surface area contributed by atoms with Gasteiger partial charge in [-0.05, 0) is 31.5 Å². The van der Waals surface area contributed by atoms with Crippen LogP contribution in [0.4, 0.5) is 5.69 Å². The van der Waals surface area contributed by atoms with Crippen LogP contribution >= 0.6 is 11.6 Å². The predicted molar refractivity (Wildman–Crippen MR) is 79.7 cm³/mol. The van der Waals surface area contributed by atoms with Crippen molar-refractivity contribution in [1.82, 2.24) is 5.32 Å². The Labute approximate surface area is 121 Å². The predicted octanol–water partition coefficient (Wildman–Crippen LogP) is 2.33. The summed E-state index contributed by atoms with van der Waals surface area (Å²) in [6.07, 6.45) is 1.91. The number of nitrogen functional groups attached to an aromatic ring is 1. The summed E-state index contributed by atoms with van der Waals surface area (Å²) in [5.74, 6) is -0.223. The van der Waals surface area contributed by atoms with Crippen LogP contribution in [0.5, 0.6) is 0 Å². The Morgan fingerprint density at radius 3 is 2.79 bits per heavy atom. The quantitative estimate of drug-likeness (QED) is 0.626. The van der Waals surface area contributed by atoms with Crippen molar-refractivity contribution in [2.24, 2.45) is 0 Å². The summed E-state index contributed by atoms with van der Waals surface area (Å²) < 4.78 is 12.3. The van der Waals surface area contributed by atoms with Crippen molar-refractivity contribution < 1.29 is 9.00 Å². The lowest BCUT2D eigenvalue weighted by Crippen LogP contribution is -2.36. The molecule has 0 fully saturated rings. The smallest absolute Gasteiger partial charge is 0.235 e. The van der Waals surface area contributed by atoms with E-state index in [0.717, 1.165) is 12.8 Å². The van der Waals surface area contributed by atoms with Crippen LogP contribution in [0.15, 0.2) is 23.1 Å². The molecule has 19 heavy (non-hydrogen) atoms. The molecule has 0 saturated heterocycles. The average Bonchev–Trinajstić information content (AvgIpc) is 2.37. The highest BCUT2D eigenvalue weighted by Crippen LogP contribution is 2.24. The second kappa shape index (κ2) is 7.50. The minimum absolute atomic E-state index is 0.223. The van der Waals surface area contributed by atoms with Crippen molar-refractivity contribution in [2.45, 2.75) is 36.8 Å². The lowest BCUT2D eigenvalue weighted by Gasteiger charge is -2.13. The second-order valence-electron chi connectivity index (χ2n) is 4.27. The number of nitrogens with one attached hydrogen (secondary N) is 1. The fourth-order valence-electron chi connectivity index (χ4n) is 1.50. The van der Waals surface area contributed by atoms with Crippen molar-refractivity contribution in [2.75, 3.05) is 12.3 Å². The minimum atomic E-state index is -1.48. The average molecular weight is 303 g/mol. The summed E-state index contributed by atoms with van der Waals surface area (Å²) >= 11 is 6.00. The summed E-state index contributed by atoms with van der Waals surface area (Å²) in [7, 11) is -1.48. The van der Waals surface area contributed by atoms with E-state index in [0.29, 0.717) is 22.2 Å². The van der Waals surface area contributed by atoms with Crippen LogP contribution in [0.2, 0.25) is 5.02 Å². The first-order valence-electron chi connectivity index (χ1n) is 6.20. The lowest BCUT2D eigenvalue weighted by atomic mass is 10.3. The highest BCUT2D eigenvalue weighted by molar-refractivity contribution is 7.86. The molecule has 1 amide bonds. The van der Waals surface area contributed by atoms with Crippen molar-refractivity contribution in [1.29, 1.82) is 0 Å². The summed E-state index contributed by atoms with van der Waals surface area (Å²) in [4.78, 5) is 12.3. The van der Waals surface area contributed by atoms with Crippen LogP contribution < -0.4 is 11.1 Å². The molecule has 4 nitrogen and oxygen atoms in total. The van der Waals surface area contributed by atoms with Crippen LogP contribution in [-0.4, -0.2) is 21.9 Å². The SMILES string of the molecule is CCCCNC(=O)C(C)S(=O)c1ccc(N)cc1Cl. The summed E-state index contributed by atoms with van der Waals surface area (Å²) in [6, 6.07) is 4.76. The molecule has 0 aliphatic rings. The van der Waals surface area contributed by atoms with Crippen molar-refractivity contribution >= 4 is 34.0 Å². The van der Waals surface area contributed by atoms with E-state index in [1.807, 2.05) is 6.92 Å². The summed E-state index contributed by atoms with van der Waals surface area (Å²) in [5, 5.41) is 2.45. The molecule has 0 heterocycles. The molecule has 0 aromatic heterocycles. The number of halogens is 1. The van der Waals surface area contributed by atoms with Gasteiger partial charge in [0.2, 0.25) is 5.91 Å². The number of anilines is 1. The van der Waals surface area contributed by atoms with Gasteiger partial charge in [-0.1, -0.05) is 24.9 Å². The maximum atomic E-state index is 12.3. The molecule has 0 bridgehead atoms. The van der Waals surface area contributed by atoms with Crippen LogP contribution in [0.1, 0.15) is 26.7 Å². The van der Waals surface area contributed by atoms with Gasteiger partial charge in [0, 0.05) is 12.2 Å². The molecule has 106 valence electrons. The zero-order chi connectivity index (χ0) is 14.4. The van der Waals surface area contributed by atoms with E-state index in [2.05, 4.69) is 5.32 Å². The van der Waals surface area contributed by atoms with E-state index in [9.17, 15) is 9.00 Å². The maximum absolute atomic E-state index is 12.3. The Kier molecular flexibility index (Phi) is 6.31. The largest absolute Gasteiger partial charge is 0.399 e. The monoisotopic (exact) mass is 302 g/mol. The van der Waals surface area contributed by atoms with Gasteiger partial charge in [-0.25, -0.2) is 0 Å². The molecule has 1 aromatic carbocycles. The van der Waals surface area contributed by atoms with Crippen molar-refractivity contribution in [3.63, 3.8) is 0 Å². The third-order valence-electron chi connectivity index (χ3n) is 2.69. The van der Waals surface area contributed by atoms with Crippen molar-refractivity contribution in [3.8, 4) is 0 Å². The highest BCUT2D eigenvalue weighted by Gasteiger charge is 2.22. The molecular formula is C13H19ClN2O2S.